The van der Waals surface area contributed by atoms with Gasteiger partial charge in [-0.2, -0.15) is 5.26 Å². The first-order valence-corrected chi connectivity index (χ1v) is 9.37. The third-order valence-electron chi connectivity index (χ3n) is 4.78. The number of benzene rings is 2. The summed E-state index contributed by atoms with van der Waals surface area (Å²) in [5.41, 5.74) is 1.42. The number of hydrogen-bond acceptors (Lipinski definition) is 4. The van der Waals surface area contributed by atoms with E-state index in [-0.39, 0.29) is 11.5 Å². The Balaban J connectivity index is 1.99. The number of H-pyrrole nitrogens is 1. The zero-order valence-electron chi connectivity index (χ0n) is 16.2. The number of hydrogen-bond donors (Lipinski definition) is 2. The highest BCUT2D eigenvalue weighted by molar-refractivity contribution is 6.11. The Morgan fingerprint density at radius 2 is 2.00 bits per heavy atom. The SMILES string of the molecule is CN(C)CCCNC(=O)c1ccc2c(CCC#N)cc3cc(=O)[nH]cc3c2c1. The average Bonchev–Trinajstić information content (AvgIpc) is 2.68. The van der Waals surface area contributed by atoms with Gasteiger partial charge in [-0.15, -0.1) is 0 Å². The second-order valence-electron chi connectivity index (χ2n) is 7.17. The summed E-state index contributed by atoms with van der Waals surface area (Å²) in [6.45, 7) is 1.53. The van der Waals surface area contributed by atoms with Gasteiger partial charge in [0, 0.05) is 36.2 Å². The molecule has 0 aliphatic rings. The van der Waals surface area contributed by atoms with E-state index in [1.165, 1.54) is 0 Å². The first kappa shape index (κ1) is 19.6. The topological polar surface area (TPSA) is 89.0 Å². The Labute approximate surface area is 163 Å². The molecule has 0 aliphatic carbocycles. The molecule has 0 atom stereocenters. The summed E-state index contributed by atoms with van der Waals surface area (Å²) in [6, 6.07) is 11.3. The van der Waals surface area contributed by atoms with Gasteiger partial charge in [-0.1, -0.05) is 12.1 Å². The van der Waals surface area contributed by atoms with Gasteiger partial charge in [0.25, 0.3) is 5.91 Å². The van der Waals surface area contributed by atoms with Gasteiger partial charge in [-0.05, 0) is 67.3 Å². The molecular formula is C22H24N4O2. The Morgan fingerprint density at radius 1 is 1.18 bits per heavy atom. The van der Waals surface area contributed by atoms with Crippen molar-refractivity contribution in [1.29, 1.82) is 5.26 Å². The predicted molar refractivity (Wildman–Crippen MR) is 112 cm³/mol. The average molecular weight is 376 g/mol. The lowest BCUT2D eigenvalue weighted by Crippen LogP contribution is -2.27. The number of rotatable bonds is 7. The molecule has 0 aliphatic heterocycles. The number of nitrogens with one attached hydrogen (secondary N) is 2. The van der Waals surface area contributed by atoms with E-state index < -0.39 is 0 Å². The Hall–Kier alpha value is -3.17. The van der Waals surface area contributed by atoms with Crippen molar-refractivity contribution in [3.8, 4) is 6.07 Å². The maximum Gasteiger partial charge on any atom is 0.251 e. The van der Waals surface area contributed by atoms with Crippen LogP contribution < -0.4 is 10.9 Å². The van der Waals surface area contributed by atoms with Gasteiger partial charge < -0.3 is 15.2 Å². The number of aromatic amines is 1. The van der Waals surface area contributed by atoms with E-state index in [1.54, 1.807) is 12.3 Å². The lowest BCUT2D eigenvalue weighted by Gasteiger charge is -2.12. The molecule has 0 unspecified atom stereocenters. The largest absolute Gasteiger partial charge is 0.352 e. The molecule has 0 saturated carbocycles. The fraction of sp³-hybridized carbons (Fsp3) is 0.318. The molecule has 28 heavy (non-hydrogen) atoms. The predicted octanol–water partition coefficient (Wildman–Crippen LogP) is 2.82. The molecule has 1 aromatic heterocycles. The van der Waals surface area contributed by atoms with Crippen molar-refractivity contribution >= 4 is 27.5 Å². The van der Waals surface area contributed by atoms with E-state index in [0.29, 0.717) is 24.9 Å². The number of amides is 1. The van der Waals surface area contributed by atoms with Crippen LogP contribution in [0.1, 0.15) is 28.8 Å². The summed E-state index contributed by atoms with van der Waals surface area (Å²) in [4.78, 5) is 29.1. The van der Waals surface area contributed by atoms with Crippen molar-refractivity contribution in [2.24, 2.45) is 0 Å². The lowest BCUT2D eigenvalue weighted by atomic mass is 9.94. The maximum atomic E-state index is 12.6. The summed E-state index contributed by atoms with van der Waals surface area (Å²) in [6.07, 6.45) is 3.57. The minimum atomic E-state index is -0.173. The molecule has 6 heteroatoms. The van der Waals surface area contributed by atoms with Gasteiger partial charge in [0.05, 0.1) is 6.07 Å². The van der Waals surface area contributed by atoms with Crippen molar-refractivity contribution in [2.75, 3.05) is 27.2 Å². The quantitative estimate of drug-likeness (QED) is 0.490. The molecule has 144 valence electrons. The van der Waals surface area contributed by atoms with E-state index in [9.17, 15) is 9.59 Å². The van der Waals surface area contributed by atoms with Gasteiger partial charge in [-0.25, -0.2) is 0 Å². The summed E-state index contributed by atoms with van der Waals surface area (Å²) in [7, 11) is 4.01. The number of fused-ring (bicyclic) bond motifs is 3. The summed E-state index contributed by atoms with van der Waals surface area (Å²) < 4.78 is 0. The van der Waals surface area contributed by atoms with Gasteiger partial charge >= 0.3 is 0 Å². The Morgan fingerprint density at radius 3 is 2.75 bits per heavy atom. The highest BCUT2D eigenvalue weighted by Gasteiger charge is 2.11. The number of nitriles is 1. The zero-order chi connectivity index (χ0) is 20.1. The fourth-order valence-electron chi connectivity index (χ4n) is 3.39. The van der Waals surface area contributed by atoms with Crippen LogP contribution >= 0.6 is 0 Å². The van der Waals surface area contributed by atoms with Crippen LogP contribution in [-0.4, -0.2) is 43.0 Å². The van der Waals surface area contributed by atoms with Crippen molar-refractivity contribution in [1.82, 2.24) is 15.2 Å². The van der Waals surface area contributed by atoms with E-state index in [1.807, 2.05) is 38.4 Å². The van der Waals surface area contributed by atoms with E-state index >= 15 is 0 Å². The van der Waals surface area contributed by atoms with Gasteiger partial charge in [0.1, 0.15) is 0 Å². The van der Waals surface area contributed by atoms with Crippen molar-refractivity contribution < 1.29 is 4.79 Å². The molecule has 0 bridgehead atoms. The molecule has 1 heterocycles. The summed E-state index contributed by atoms with van der Waals surface area (Å²) in [5, 5.41) is 15.5. The second kappa shape index (κ2) is 8.68. The van der Waals surface area contributed by atoms with Gasteiger partial charge in [0.15, 0.2) is 0 Å². The first-order chi connectivity index (χ1) is 13.5. The minimum absolute atomic E-state index is 0.111. The highest BCUT2D eigenvalue weighted by atomic mass is 16.1. The van der Waals surface area contributed by atoms with Crippen LogP contribution in [0.4, 0.5) is 0 Å². The normalized spacial score (nSPS) is 11.1. The Bertz CT molecular complexity index is 1110. The molecule has 1 amide bonds. The third-order valence-corrected chi connectivity index (χ3v) is 4.78. The van der Waals surface area contributed by atoms with Crippen LogP contribution in [0.25, 0.3) is 21.5 Å². The molecule has 2 N–H and O–H groups in total. The molecule has 0 fully saturated rings. The summed E-state index contributed by atoms with van der Waals surface area (Å²) >= 11 is 0. The van der Waals surface area contributed by atoms with Crippen molar-refractivity contribution in [2.45, 2.75) is 19.3 Å². The third kappa shape index (κ3) is 4.38. The first-order valence-electron chi connectivity index (χ1n) is 9.37. The molecule has 0 saturated heterocycles. The van der Waals surface area contributed by atoms with Gasteiger partial charge in [-0.3, -0.25) is 9.59 Å². The molecule has 3 aromatic rings. The molecular weight excluding hydrogens is 352 g/mol. The van der Waals surface area contributed by atoms with Crippen molar-refractivity contribution in [3.05, 3.63) is 58.0 Å². The zero-order valence-corrected chi connectivity index (χ0v) is 16.2. The van der Waals surface area contributed by atoms with Crippen LogP contribution in [0.2, 0.25) is 0 Å². The van der Waals surface area contributed by atoms with E-state index in [4.69, 9.17) is 5.26 Å². The fourth-order valence-corrected chi connectivity index (χ4v) is 3.39. The van der Waals surface area contributed by atoms with Crippen LogP contribution in [0.3, 0.4) is 0 Å². The van der Waals surface area contributed by atoms with E-state index in [0.717, 1.165) is 40.1 Å². The number of aromatic nitrogens is 1. The monoisotopic (exact) mass is 376 g/mol. The molecule has 3 rings (SSSR count). The Kier molecular flexibility index (Phi) is 6.07. The van der Waals surface area contributed by atoms with Crippen LogP contribution in [0, 0.1) is 11.3 Å². The highest BCUT2D eigenvalue weighted by Crippen LogP contribution is 2.29. The lowest BCUT2D eigenvalue weighted by molar-refractivity contribution is 0.0952. The number of nitrogens with zero attached hydrogens (tertiary/aromatic N) is 2. The number of carbonyl (C=O) groups excluding carboxylic acids is 1. The number of carbonyl (C=O) groups is 1. The summed E-state index contributed by atoms with van der Waals surface area (Å²) in [5.74, 6) is -0.111. The minimum Gasteiger partial charge on any atom is -0.352 e. The van der Waals surface area contributed by atoms with Crippen LogP contribution in [-0.2, 0) is 6.42 Å². The van der Waals surface area contributed by atoms with Crippen molar-refractivity contribution in [3.63, 3.8) is 0 Å². The number of aryl methyl sites for hydroxylation is 1. The molecule has 6 nitrogen and oxygen atoms in total. The van der Waals surface area contributed by atoms with E-state index in [2.05, 4.69) is 21.3 Å². The number of pyridine rings is 1. The van der Waals surface area contributed by atoms with Crippen LogP contribution in [0.15, 0.2) is 41.3 Å². The van der Waals surface area contributed by atoms with Crippen LogP contribution in [0.5, 0.6) is 0 Å². The standard InChI is InChI=1S/C22H24N4O2/c1-26(2)10-4-9-24-22(28)16-6-7-18-15(5-3-8-23)11-17-13-21(27)25-14-20(17)19(18)12-16/h6-7,11-14H,3-5,9-10H2,1-2H3,(H,24,28)(H,25,27). The second-order valence-corrected chi connectivity index (χ2v) is 7.17. The molecule has 0 radical (unpaired) electrons. The van der Waals surface area contributed by atoms with Gasteiger partial charge in [0.2, 0.25) is 5.56 Å². The smallest absolute Gasteiger partial charge is 0.251 e. The molecule has 2 aromatic carbocycles. The molecule has 0 spiro atoms. The maximum absolute atomic E-state index is 12.6.